The Balaban J connectivity index is 2.08. The highest BCUT2D eigenvalue weighted by molar-refractivity contribution is 7.90. The number of nitrogens with two attached hydrogens (primary N) is 1. The first-order valence-electron chi connectivity index (χ1n) is 6.66. The van der Waals surface area contributed by atoms with E-state index in [1.165, 1.54) is 22.5 Å². The molecule has 20 heavy (non-hydrogen) atoms. The molecule has 0 amide bonds. The molecule has 1 saturated heterocycles. The van der Waals surface area contributed by atoms with Gasteiger partial charge in [0.05, 0.1) is 5.69 Å². The molecule has 0 aromatic heterocycles. The van der Waals surface area contributed by atoms with Crippen LogP contribution in [0.15, 0.2) is 18.2 Å². The van der Waals surface area contributed by atoms with Crippen LogP contribution in [0.2, 0.25) is 0 Å². The molecule has 0 spiro atoms. The average molecular weight is 301 g/mol. The molecular formula is C13H20FN3O2S. The monoisotopic (exact) mass is 301 g/mol. The van der Waals surface area contributed by atoms with Crippen molar-refractivity contribution in [3.8, 4) is 0 Å². The molecule has 0 aliphatic carbocycles. The molecule has 7 heteroatoms. The van der Waals surface area contributed by atoms with Gasteiger partial charge in [0.2, 0.25) is 0 Å². The van der Waals surface area contributed by atoms with Crippen LogP contribution in [0.3, 0.4) is 0 Å². The topological polar surface area (TPSA) is 75.4 Å². The largest absolute Gasteiger partial charge is 0.330 e. The Labute approximate surface area is 119 Å². The second-order valence-corrected chi connectivity index (χ2v) is 6.82. The van der Waals surface area contributed by atoms with E-state index in [9.17, 15) is 12.8 Å². The van der Waals surface area contributed by atoms with E-state index >= 15 is 0 Å². The quantitative estimate of drug-likeness (QED) is 0.884. The van der Waals surface area contributed by atoms with Crippen molar-refractivity contribution >= 4 is 15.9 Å². The minimum Gasteiger partial charge on any atom is -0.330 e. The van der Waals surface area contributed by atoms with Gasteiger partial charge in [-0.05, 0) is 56.0 Å². The van der Waals surface area contributed by atoms with Crippen LogP contribution in [0.25, 0.3) is 0 Å². The Morgan fingerprint density at radius 3 is 2.60 bits per heavy atom. The Morgan fingerprint density at radius 2 is 2.05 bits per heavy atom. The SMILES string of the molecule is Cc1cc(F)ccc1NS(=O)(=O)N1CCC(CN)CC1. The van der Waals surface area contributed by atoms with Crippen molar-refractivity contribution < 1.29 is 12.8 Å². The van der Waals surface area contributed by atoms with Crippen molar-refractivity contribution in [3.05, 3.63) is 29.6 Å². The molecule has 1 fully saturated rings. The van der Waals surface area contributed by atoms with Crippen LogP contribution in [0.4, 0.5) is 10.1 Å². The first kappa shape index (κ1) is 15.2. The fraction of sp³-hybridized carbons (Fsp3) is 0.538. The summed E-state index contributed by atoms with van der Waals surface area (Å²) in [4.78, 5) is 0. The minimum absolute atomic E-state index is 0.380. The van der Waals surface area contributed by atoms with Gasteiger partial charge in [0, 0.05) is 13.1 Å². The second-order valence-electron chi connectivity index (χ2n) is 5.14. The lowest BCUT2D eigenvalue weighted by molar-refractivity contribution is 0.280. The molecule has 0 atom stereocenters. The number of nitrogens with one attached hydrogen (secondary N) is 1. The van der Waals surface area contributed by atoms with E-state index in [1.807, 2.05) is 0 Å². The Morgan fingerprint density at radius 1 is 1.40 bits per heavy atom. The van der Waals surface area contributed by atoms with E-state index in [4.69, 9.17) is 5.73 Å². The third-order valence-electron chi connectivity index (χ3n) is 3.67. The highest BCUT2D eigenvalue weighted by Crippen LogP contribution is 2.22. The molecule has 3 N–H and O–H groups in total. The Bertz CT molecular complexity index is 569. The highest BCUT2D eigenvalue weighted by Gasteiger charge is 2.27. The molecule has 112 valence electrons. The summed E-state index contributed by atoms with van der Waals surface area (Å²) < 4.78 is 41.5. The maximum atomic E-state index is 13.0. The van der Waals surface area contributed by atoms with Gasteiger partial charge in [-0.1, -0.05) is 0 Å². The lowest BCUT2D eigenvalue weighted by atomic mass is 9.99. The van der Waals surface area contributed by atoms with E-state index in [-0.39, 0.29) is 5.82 Å². The molecule has 0 saturated carbocycles. The summed E-state index contributed by atoms with van der Waals surface area (Å²) in [6.07, 6.45) is 1.56. The summed E-state index contributed by atoms with van der Waals surface area (Å²) in [5.74, 6) is 0.0169. The average Bonchev–Trinajstić information content (AvgIpc) is 2.42. The van der Waals surface area contributed by atoms with Crippen LogP contribution < -0.4 is 10.5 Å². The van der Waals surface area contributed by atoms with Crippen molar-refractivity contribution in [2.24, 2.45) is 11.7 Å². The summed E-state index contributed by atoms with van der Waals surface area (Å²) in [6, 6.07) is 3.98. The first-order valence-corrected chi connectivity index (χ1v) is 8.10. The second kappa shape index (κ2) is 6.07. The number of hydrogen-bond donors (Lipinski definition) is 2. The molecule has 0 bridgehead atoms. The van der Waals surface area contributed by atoms with Crippen LogP contribution in [-0.4, -0.2) is 32.4 Å². The van der Waals surface area contributed by atoms with Gasteiger partial charge in [0.15, 0.2) is 0 Å². The summed E-state index contributed by atoms with van der Waals surface area (Å²) in [7, 11) is -3.58. The Hall–Kier alpha value is -1.18. The van der Waals surface area contributed by atoms with Crippen molar-refractivity contribution in [1.82, 2.24) is 4.31 Å². The number of benzene rings is 1. The van der Waals surface area contributed by atoms with E-state index < -0.39 is 10.2 Å². The molecule has 1 aromatic carbocycles. The van der Waals surface area contributed by atoms with Crippen LogP contribution >= 0.6 is 0 Å². The summed E-state index contributed by atoms with van der Waals surface area (Å²) in [5.41, 5.74) is 6.57. The molecule has 0 radical (unpaired) electrons. The molecule has 1 aliphatic heterocycles. The summed E-state index contributed by atoms with van der Waals surface area (Å²) >= 11 is 0. The van der Waals surface area contributed by atoms with Crippen molar-refractivity contribution in [2.45, 2.75) is 19.8 Å². The van der Waals surface area contributed by atoms with Gasteiger partial charge in [-0.25, -0.2) is 4.39 Å². The molecule has 2 rings (SSSR count). The van der Waals surface area contributed by atoms with Crippen molar-refractivity contribution in [2.75, 3.05) is 24.4 Å². The predicted octanol–water partition coefficient (Wildman–Crippen LogP) is 1.46. The van der Waals surface area contributed by atoms with Crippen LogP contribution in [0, 0.1) is 18.7 Å². The molecule has 1 heterocycles. The van der Waals surface area contributed by atoms with Gasteiger partial charge < -0.3 is 5.73 Å². The fourth-order valence-corrected chi connectivity index (χ4v) is 3.66. The van der Waals surface area contributed by atoms with Gasteiger partial charge in [-0.3, -0.25) is 4.72 Å². The lowest BCUT2D eigenvalue weighted by Gasteiger charge is -2.30. The zero-order valence-corrected chi connectivity index (χ0v) is 12.3. The third-order valence-corrected chi connectivity index (χ3v) is 5.20. The van der Waals surface area contributed by atoms with Crippen LogP contribution in [0.5, 0.6) is 0 Å². The third kappa shape index (κ3) is 3.47. The molecule has 1 aromatic rings. The smallest absolute Gasteiger partial charge is 0.301 e. The number of halogens is 1. The Kier molecular flexibility index (Phi) is 4.62. The number of rotatable bonds is 4. The standard InChI is InChI=1S/C13H20FN3O2S/c1-10-8-12(14)2-3-13(10)16-20(18,19)17-6-4-11(9-15)5-7-17/h2-3,8,11,16H,4-7,9,15H2,1H3. The molecular weight excluding hydrogens is 281 g/mol. The maximum Gasteiger partial charge on any atom is 0.301 e. The van der Waals surface area contributed by atoms with Gasteiger partial charge >= 0.3 is 10.2 Å². The summed E-state index contributed by atoms with van der Waals surface area (Å²) in [5, 5.41) is 0. The molecule has 0 unspecified atom stereocenters. The zero-order chi connectivity index (χ0) is 14.8. The fourth-order valence-electron chi connectivity index (χ4n) is 2.33. The number of aryl methyl sites for hydroxylation is 1. The summed E-state index contributed by atoms with van der Waals surface area (Å²) in [6.45, 7) is 3.20. The first-order chi connectivity index (χ1) is 9.42. The van der Waals surface area contributed by atoms with E-state index in [0.717, 1.165) is 12.8 Å². The number of nitrogens with zero attached hydrogens (tertiary/aromatic N) is 1. The van der Waals surface area contributed by atoms with Crippen LogP contribution in [0.1, 0.15) is 18.4 Å². The van der Waals surface area contributed by atoms with Gasteiger partial charge in [0.25, 0.3) is 0 Å². The highest BCUT2D eigenvalue weighted by atomic mass is 32.2. The van der Waals surface area contributed by atoms with Gasteiger partial charge in [-0.15, -0.1) is 0 Å². The van der Waals surface area contributed by atoms with Crippen molar-refractivity contribution in [3.63, 3.8) is 0 Å². The number of piperidine rings is 1. The molecule has 5 nitrogen and oxygen atoms in total. The predicted molar refractivity (Wildman–Crippen MR) is 77.0 cm³/mol. The normalized spacial score (nSPS) is 18.1. The van der Waals surface area contributed by atoms with Gasteiger partial charge in [0.1, 0.15) is 5.82 Å². The molecule has 1 aliphatic rings. The number of hydrogen-bond acceptors (Lipinski definition) is 3. The van der Waals surface area contributed by atoms with Crippen molar-refractivity contribution in [1.29, 1.82) is 0 Å². The minimum atomic E-state index is -3.58. The van der Waals surface area contributed by atoms with Gasteiger partial charge in [-0.2, -0.15) is 12.7 Å². The maximum absolute atomic E-state index is 13.0. The van der Waals surface area contributed by atoms with Crippen LogP contribution in [-0.2, 0) is 10.2 Å². The van der Waals surface area contributed by atoms with E-state index in [2.05, 4.69) is 4.72 Å². The van der Waals surface area contributed by atoms with E-state index in [1.54, 1.807) is 6.92 Å². The zero-order valence-electron chi connectivity index (χ0n) is 11.5. The number of anilines is 1. The van der Waals surface area contributed by atoms with E-state index in [0.29, 0.717) is 36.8 Å². The lowest BCUT2D eigenvalue weighted by Crippen LogP contribution is -2.42.